The van der Waals surface area contributed by atoms with Crippen molar-refractivity contribution in [2.75, 3.05) is 0 Å². The maximum Gasteiger partial charge on any atom is 0.335 e. The van der Waals surface area contributed by atoms with E-state index in [4.69, 9.17) is 9.47 Å². The molecular weight excluding hydrogens is 400 g/mol. The van der Waals surface area contributed by atoms with Gasteiger partial charge in [0.15, 0.2) is 6.10 Å². The van der Waals surface area contributed by atoms with E-state index in [0.717, 1.165) is 17.4 Å². The van der Waals surface area contributed by atoms with Crippen molar-refractivity contribution >= 4 is 11.5 Å². The van der Waals surface area contributed by atoms with Crippen molar-refractivity contribution in [1.29, 1.82) is 0 Å². The molecule has 0 radical (unpaired) electrons. The summed E-state index contributed by atoms with van der Waals surface area (Å²) in [6.07, 6.45) is -1.45. The molecule has 0 amide bonds. The molecule has 1 aromatic carbocycles. The molecule has 1 aliphatic heterocycles. The van der Waals surface area contributed by atoms with Crippen LogP contribution in [-0.4, -0.2) is 57.1 Å². The Morgan fingerprint density at radius 1 is 0.968 bits per heavy atom. The second kappa shape index (κ2) is 7.89. The summed E-state index contributed by atoms with van der Waals surface area (Å²) < 4.78 is 11.0. The number of ether oxygens (including phenoxy) is 2. The second-order valence-electron chi connectivity index (χ2n) is 9.77. The first kappa shape index (κ1) is 20.9. The summed E-state index contributed by atoms with van der Waals surface area (Å²) in [7, 11) is 0. The van der Waals surface area contributed by atoms with Gasteiger partial charge >= 0.3 is 5.97 Å². The number of rotatable bonds is 4. The standard InChI is InChI=1S/C24H30O7/c1-11(18-15-6-12-5-13(8-15)9-16(18)7-12)14-3-2-4-17(10-14)30-24-21(27)19(25)20(26)22(31-24)23(28)29/h2-4,10,12-13,15-16,19-22,24-27H,5-9H2,1H3,(H,28,29). The van der Waals surface area contributed by atoms with Crippen molar-refractivity contribution in [1.82, 2.24) is 0 Å². The fourth-order valence-corrected chi connectivity index (χ4v) is 6.56. The van der Waals surface area contributed by atoms with Gasteiger partial charge in [0.1, 0.15) is 24.1 Å². The van der Waals surface area contributed by atoms with Gasteiger partial charge in [-0.3, -0.25) is 0 Å². The molecule has 168 valence electrons. The van der Waals surface area contributed by atoms with Gasteiger partial charge in [0, 0.05) is 0 Å². The number of benzene rings is 1. The van der Waals surface area contributed by atoms with E-state index < -0.39 is 36.7 Å². The lowest BCUT2D eigenvalue weighted by molar-refractivity contribution is -0.271. The largest absolute Gasteiger partial charge is 0.479 e. The van der Waals surface area contributed by atoms with Crippen LogP contribution >= 0.6 is 0 Å². The van der Waals surface area contributed by atoms with Crippen LogP contribution in [-0.2, 0) is 9.53 Å². The number of hydrogen-bond donors (Lipinski definition) is 4. The molecule has 4 bridgehead atoms. The molecule has 1 saturated heterocycles. The van der Waals surface area contributed by atoms with Crippen LogP contribution in [0.3, 0.4) is 0 Å². The molecule has 7 heteroatoms. The van der Waals surface area contributed by atoms with E-state index in [1.165, 1.54) is 37.7 Å². The van der Waals surface area contributed by atoms with Crippen molar-refractivity contribution in [2.24, 2.45) is 23.7 Å². The molecule has 1 aromatic rings. The molecule has 1 heterocycles. The van der Waals surface area contributed by atoms with Crippen LogP contribution in [0.1, 0.15) is 44.6 Å². The third kappa shape index (κ3) is 3.67. The van der Waals surface area contributed by atoms with Crippen LogP contribution in [0.15, 0.2) is 29.8 Å². The van der Waals surface area contributed by atoms with E-state index in [9.17, 15) is 25.2 Å². The second-order valence-corrected chi connectivity index (χ2v) is 9.77. The molecule has 31 heavy (non-hydrogen) atoms. The smallest absolute Gasteiger partial charge is 0.335 e. The Bertz CT molecular complexity index is 864. The highest BCUT2D eigenvalue weighted by molar-refractivity contribution is 5.73. The Balaban J connectivity index is 1.38. The lowest BCUT2D eigenvalue weighted by Gasteiger charge is -2.52. The van der Waals surface area contributed by atoms with Crippen molar-refractivity contribution < 1.29 is 34.7 Å². The van der Waals surface area contributed by atoms with Crippen LogP contribution in [0.5, 0.6) is 5.75 Å². The lowest BCUT2D eigenvalue weighted by Crippen LogP contribution is -2.61. The summed E-state index contributed by atoms with van der Waals surface area (Å²) in [4.78, 5) is 11.3. The van der Waals surface area contributed by atoms with Crippen LogP contribution in [0.2, 0.25) is 0 Å². The summed E-state index contributed by atoms with van der Waals surface area (Å²) in [6.45, 7) is 2.17. The van der Waals surface area contributed by atoms with E-state index in [1.807, 2.05) is 18.2 Å². The van der Waals surface area contributed by atoms with Crippen molar-refractivity contribution in [3.8, 4) is 5.75 Å². The molecule has 6 rings (SSSR count). The predicted octanol–water partition coefficient (Wildman–Crippen LogP) is 2.19. The molecule has 5 atom stereocenters. The maximum absolute atomic E-state index is 11.3. The number of aliphatic hydroxyl groups is 3. The van der Waals surface area contributed by atoms with Crippen LogP contribution in [0.25, 0.3) is 5.57 Å². The number of carbonyl (C=O) groups is 1. The number of aliphatic hydroxyl groups excluding tert-OH is 3. The third-order valence-corrected chi connectivity index (χ3v) is 7.78. The Kier molecular flexibility index (Phi) is 5.33. The van der Waals surface area contributed by atoms with Crippen molar-refractivity contribution in [3.63, 3.8) is 0 Å². The maximum atomic E-state index is 11.3. The number of carboxylic acids is 1. The van der Waals surface area contributed by atoms with Gasteiger partial charge in [0.25, 0.3) is 0 Å². The fraction of sp³-hybridized carbons (Fsp3) is 0.625. The lowest BCUT2D eigenvalue weighted by atomic mass is 9.53. The predicted molar refractivity (Wildman–Crippen MR) is 111 cm³/mol. The molecule has 7 nitrogen and oxygen atoms in total. The van der Waals surface area contributed by atoms with Gasteiger partial charge in [0.05, 0.1) is 0 Å². The van der Waals surface area contributed by atoms with Gasteiger partial charge in [-0.2, -0.15) is 0 Å². The summed E-state index contributed by atoms with van der Waals surface area (Å²) in [5, 5.41) is 39.3. The van der Waals surface area contributed by atoms with E-state index >= 15 is 0 Å². The SMILES string of the molecule is CC(=C1C2CC3CC(C2)CC1C3)c1cccc(OC2OC(C(=O)O)C(O)C(O)C2O)c1. The van der Waals surface area contributed by atoms with E-state index in [1.54, 1.807) is 11.6 Å². The molecule has 5 unspecified atom stereocenters. The highest BCUT2D eigenvalue weighted by Crippen LogP contribution is 2.57. The van der Waals surface area contributed by atoms with Gasteiger partial charge in [-0.1, -0.05) is 17.7 Å². The van der Waals surface area contributed by atoms with Gasteiger partial charge in [-0.15, -0.1) is 0 Å². The number of aliphatic carboxylic acids is 1. The molecular formula is C24H30O7. The highest BCUT2D eigenvalue weighted by atomic mass is 16.7. The zero-order chi connectivity index (χ0) is 21.9. The first-order valence-corrected chi connectivity index (χ1v) is 11.2. The molecule has 5 aliphatic rings. The van der Waals surface area contributed by atoms with Gasteiger partial charge < -0.3 is 29.9 Å². The zero-order valence-electron chi connectivity index (χ0n) is 17.6. The zero-order valence-corrected chi connectivity index (χ0v) is 17.6. The molecule has 0 aromatic heterocycles. The van der Waals surface area contributed by atoms with Crippen molar-refractivity contribution in [2.45, 2.75) is 69.7 Å². The number of allylic oxidation sites excluding steroid dienone is 2. The van der Waals surface area contributed by atoms with Crippen LogP contribution < -0.4 is 4.74 Å². The molecule has 5 fully saturated rings. The topological polar surface area (TPSA) is 116 Å². The molecule has 4 saturated carbocycles. The average molecular weight is 430 g/mol. The quantitative estimate of drug-likeness (QED) is 0.579. The van der Waals surface area contributed by atoms with Crippen molar-refractivity contribution in [3.05, 3.63) is 35.4 Å². The summed E-state index contributed by atoms with van der Waals surface area (Å²) in [5.74, 6) is 2.13. The molecule has 0 spiro atoms. The Morgan fingerprint density at radius 2 is 1.61 bits per heavy atom. The minimum atomic E-state index is -1.73. The number of carboxylic acid groups (broad SMARTS) is 1. The first-order valence-electron chi connectivity index (χ1n) is 11.2. The number of hydrogen-bond acceptors (Lipinski definition) is 6. The Morgan fingerprint density at radius 3 is 2.23 bits per heavy atom. The average Bonchev–Trinajstić information content (AvgIpc) is 2.73. The first-order chi connectivity index (χ1) is 14.8. The summed E-state index contributed by atoms with van der Waals surface area (Å²) >= 11 is 0. The van der Waals surface area contributed by atoms with Gasteiger partial charge in [0.2, 0.25) is 6.29 Å². The summed E-state index contributed by atoms with van der Waals surface area (Å²) in [6, 6.07) is 7.48. The molecule has 4 N–H and O–H groups in total. The van der Waals surface area contributed by atoms with E-state index in [0.29, 0.717) is 17.6 Å². The van der Waals surface area contributed by atoms with E-state index in [-0.39, 0.29) is 0 Å². The highest BCUT2D eigenvalue weighted by Gasteiger charge is 2.48. The Labute approximate surface area is 181 Å². The fourth-order valence-electron chi connectivity index (χ4n) is 6.56. The Hall–Kier alpha value is -1.93. The van der Waals surface area contributed by atoms with E-state index in [2.05, 4.69) is 6.92 Å². The summed E-state index contributed by atoms with van der Waals surface area (Å²) in [5.41, 5.74) is 3.91. The minimum absolute atomic E-state index is 0.415. The van der Waals surface area contributed by atoms with Gasteiger partial charge in [-0.05, 0) is 86.0 Å². The minimum Gasteiger partial charge on any atom is -0.479 e. The third-order valence-electron chi connectivity index (χ3n) is 7.78. The van der Waals surface area contributed by atoms with Crippen LogP contribution in [0.4, 0.5) is 0 Å². The molecule has 4 aliphatic carbocycles. The normalized spacial score (nSPS) is 41.3. The van der Waals surface area contributed by atoms with Gasteiger partial charge in [-0.25, -0.2) is 4.79 Å². The monoisotopic (exact) mass is 430 g/mol. The van der Waals surface area contributed by atoms with Crippen LogP contribution in [0, 0.1) is 23.7 Å².